The molecule has 0 spiro atoms. The fourth-order valence-electron chi connectivity index (χ4n) is 2.35. The van der Waals surface area contributed by atoms with Crippen LogP contribution < -0.4 is 5.32 Å². The number of fused-ring (bicyclic) bond motifs is 1. The molecule has 2 rings (SSSR count). The van der Waals surface area contributed by atoms with E-state index >= 15 is 0 Å². The van der Waals surface area contributed by atoms with Crippen LogP contribution in [0.3, 0.4) is 0 Å². The first kappa shape index (κ1) is 14.3. The number of rotatable bonds is 5. The number of nitrogens with zero attached hydrogens (tertiary/aromatic N) is 2. The van der Waals surface area contributed by atoms with E-state index in [0.29, 0.717) is 6.04 Å². The highest BCUT2D eigenvalue weighted by Crippen LogP contribution is 2.32. The van der Waals surface area contributed by atoms with Gasteiger partial charge in [-0.2, -0.15) is 0 Å². The van der Waals surface area contributed by atoms with Crippen LogP contribution in [0, 0.1) is 19.8 Å². The van der Waals surface area contributed by atoms with Crippen molar-refractivity contribution < 1.29 is 0 Å². The molecule has 2 aromatic heterocycles. The van der Waals surface area contributed by atoms with Crippen LogP contribution in [-0.4, -0.2) is 16.0 Å². The van der Waals surface area contributed by atoms with Gasteiger partial charge in [-0.25, -0.2) is 9.97 Å². The van der Waals surface area contributed by atoms with E-state index in [1.165, 1.54) is 28.7 Å². The van der Waals surface area contributed by atoms with Gasteiger partial charge in [0.1, 0.15) is 17.0 Å². The number of hydrogen-bond acceptors (Lipinski definition) is 4. The minimum Gasteiger partial charge on any atom is -0.367 e. The lowest BCUT2D eigenvalue weighted by atomic mass is 10.0. The molecule has 0 saturated heterocycles. The summed E-state index contributed by atoms with van der Waals surface area (Å²) in [6.45, 7) is 11.1. The van der Waals surface area contributed by atoms with Crippen LogP contribution in [0.1, 0.15) is 44.1 Å². The Labute approximate surface area is 119 Å². The van der Waals surface area contributed by atoms with E-state index in [1.807, 2.05) is 0 Å². The lowest BCUT2D eigenvalue weighted by Crippen LogP contribution is -2.19. The smallest absolute Gasteiger partial charge is 0.138 e. The molecule has 2 atom stereocenters. The average Bonchev–Trinajstić information content (AvgIpc) is 2.66. The van der Waals surface area contributed by atoms with E-state index in [2.05, 4.69) is 49.9 Å². The molecule has 2 heterocycles. The van der Waals surface area contributed by atoms with Crippen LogP contribution in [0.4, 0.5) is 5.82 Å². The summed E-state index contributed by atoms with van der Waals surface area (Å²) in [5, 5.41) is 4.76. The number of nitrogens with one attached hydrogen (secondary N) is 1. The summed E-state index contributed by atoms with van der Waals surface area (Å²) in [5.74, 6) is 1.73. The monoisotopic (exact) mass is 277 g/mol. The number of hydrogen-bond donors (Lipinski definition) is 1. The van der Waals surface area contributed by atoms with Gasteiger partial charge in [0.25, 0.3) is 0 Å². The number of thiophene rings is 1. The molecule has 0 fully saturated rings. The second-order valence-electron chi connectivity index (χ2n) is 5.48. The molecule has 104 valence electrons. The summed E-state index contributed by atoms with van der Waals surface area (Å²) in [7, 11) is 0. The Morgan fingerprint density at radius 1 is 1.26 bits per heavy atom. The molecule has 0 amide bonds. The summed E-state index contributed by atoms with van der Waals surface area (Å²) in [6, 6.07) is 0.438. The van der Waals surface area contributed by atoms with Gasteiger partial charge in [0.2, 0.25) is 0 Å². The Hall–Kier alpha value is -1.16. The van der Waals surface area contributed by atoms with Gasteiger partial charge in [0.05, 0.1) is 5.39 Å². The van der Waals surface area contributed by atoms with Crippen molar-refractivity contribution in [1.29, 1.82) is 0 Å². The lowest BCUT2D eigenvalue weighted by molar-refractivity contribution is 0.483. The Kier molecular flexibility index (Phi) is 4.40. The minimum absolute atomic E-state index is 0.438. The Morgan fingerprint density at radius 3 is 2.68 bits per heavy atom. The Balaban J connectivity index is 2.25. The van der Waals surface area contributed by atoms with Gasteiger partial charge in [-0.3, -0.25) is 0 Å². The number of aromatic nitrogens is 2. The molecule has 4 heteroatoms. The second-order valence-corrected chi connectivity index (χ2v) is 6.68. The van der Waals surface area contributed by atoms with Crippen LogP contribution in [0.2, 0.25) is 0 Å². The van der Waals surface area contributed by atoms with Crippen molar-refractivity contribution in [3.63, 3.8) is 0 Å². The van der Waals surface area contributed by atoms with Crippen LogP contribution in [0.5, 0.6) is 0 Å². The summed E-state index contributed by atoms with van der Waals surface area (Å²) in [4.78, 5) is 11.2. The molecule has 0 aliphatic heterocycles. The van der Waals surface area contributed by atoms with E-state index in [-0.39, 0.29) is 0 Å². The molecule has 3 nitrogen and oxygen atoms in total. The summed E-state index contributed by atoms with van der Waals surface area (Å²) >= 11 is 1.75. The Bertz CT molecular complexity index is 562. The molecule has 0 radical (unpaired) electrons. The van der Waals surface area contributed by atoms with Gasteiger partial charge in [0, 0.05) is 10.9 Å². The molecule has 2 unspecified atom stereocenters. The van der Waals surface area contributed by atoms with Gasteiger partial charge < -0.3 is 5.32 Å². The molecule has 0 aliphatic rings. The molecule has 0 saturated carbocycles. The highest BCUT2D eigenvalue weighted by molar-refractivity contribution is 7.18. The minimum atomic E-state index is 0.438. The number of anilines is 1. The maximum Gasteiger partial charge on any atom is 0.138 e. The zero-order valence-electron chi connectivity index (χ0n) is 12.4. The topological polar surface area (TPSA) is 37.8 Å². The molecular weight excluding hydrogens is 254 g/mol. The standard InChI is InChI=1S/C15H23N3S/c1-6-9(2)7-10(3)18-14-13-11(4)12(5)19-15(13)17-8-16-14/h8-10H,6-7H2,1-5H3,(H,16,17,18). The first-order valence-electron chi connectivity index (χ1n) is 7.00. The third-order valence-corrected chi connectivity index (χ3v) is 4.92. The predicted octanol–water partition coefficient (Wildman–Crippen LogP) is 4.54. The van der Waals surface area contributed by atoms with Crippen LogP contribution >= 0.6 is 11.3 Å². The zero-order valence-corrected chi connectivity index (χ0v) is 13.3. The van der Waals surface area contributed by atoms with Crippen molar-refractivity contribution in [3.05, 3.63) is 16.8 Å². The van der Waals surface area contributed by atoms with Gasteiger partial charge in [-0.1, -0.05) is 20.3 Å². The van der Waals surface area contributed by atoms with E-state index in [1.54, 1.807) is 17.7 Å². The van der Waals surface area contributed by atoms with Crippen molar-refractivity contribution in [2.24, 2.45) is 5.92 Å². The highest BCUT2D eigenvalue weighted by atomic mass is 32.1. The fourth-order valence-corrected chi connectivity index (χ4v) is 3.35. The van der Waals surface area contributed by atoms with Gasteiger partial charge in [-0.05, 0) is 38.7 Å². The maximum absolute atomic E-state index is 4.44. The van der Waals surface area contributed by atoms with Crippen LogP contribution in [-0.2, 0) is 0 Å². The normalized spacial score (nSPS) is 14.6. The van der Waals surface area contributed by atoms with Crippen molar-refractivity contribution in [1.82, 2.24) is 9.97 Å². The molecule has 19 heavy (non-hydrogen) atoms. The molecule has 0 aromatic carbocycles. The quantitative estimate of drug-likeness (QED) is 0.871. The zero-order chi connectivity index (χ0) is 14.0. The molecular formula is C15H23N3S. The third kappa shape index (κ3) is 3.06. The third-order valence-electron chi connectivity index (χ3n) is 3.80. The van der Waals surface area contributed by atoms with Gasteiger partial charge in [-0.15, -0.1) is 11.3 Å². The molecule has 0 bridgehead atoms. The average molecular weight is 277 g/mol. The second kappa shape index (κ2) is 5.87. The van der Waals surface area contributed by atoms with Crippen molar-refractivity contribution in [2.75, 3.05) is 5.32 Å². The highest BCUT2D eigenvalue weighted by Gasteiger charge is 2.14. The summed E-state index contributed by atoms with van der Waals surface area (Å²) in [5.41, 5.74) is 1.30. The van der Waals surface area contributed by atoms with Gasteiger partial charge in [0.15, 0.2) is 0 Å². The predicted molar refractivity (Wildman–Crippen MR) is 84.0 cm³/mol. The van der Waals surface area contributed by atoms with E-state index in [0.717, 1.165) is 16.6 Å². The SMILES string of the molecule is CCC(C)CC(C)Nc1ncnc2sc(C)c(C)c12. The van der Waals surface area contributed by atoms with Crippen LogP contribution in [0.25, 0.3) is 10.2 Å². The lowest BCUT2D eigenvalue weighted by Gasteiger charge is -2.18. The molecule has 2 aromatic rings. The van der Waals surface area contributed by atoms with Crippen LogP contribution in [0.15, 0.2) is 6.33 Å². The van der Waals surface area contributed by atoms with Gasteiger partial charge >= 0.3 is 0 Å². The van der Waals surface area contributed by atoms with E-state index in [9.17, 15) is 0 Å². The first-order valence-corrected chi connectivity index (χ1v) is 7.81. The van der Waals surface area contributed by atoms with Crippen molar-refractivity contribution >= 4 is 27.4 Å². The first-order chi connectivity index (χ1) is 9.02. The number of aryl methyl sites for hydroxylation is 2. The summed E-state index contributed by atoms with van der Waals surface area (Å²) < 4.78 is 0. The maximum atomic E-state index is 4.44. The van der Waals surface area contributed by atoms with Crippen molar-refractivity contribution in [3.8, 4) is 0 Å². The largest absolute Gasteiger partial charge is 0.367 e. The van der Waals surface area contributed by atoms with E-state index in [4.69, 9.17) is 0 Å². The Morgan fingerprint density at radius 2 is 2.00 bits per heavy atom. The van der Waals surface area contributed by atoms with Crippen molar-refractivity contribution in [2.45, 2.75) is 53.5 Å². The molecule has 1 N–H and O–H groups in total. The van der Waals surface area contributed by atoms with E-state index < -0.39 is 0 Å². The molecule has 0 aliphatic carbocycles. The fraction of sp³-hybridized carbons (Fsp3) is 0.600. The summed E-state index contributed by atoms with van der Waals surface area (Å²) in [6.07, 6.45) is 4.06.